The number of nitrogens with zero attached hydrogens (tertiary/aromatic N) is 3. The first kappa shape index (κ1) is 15.1. The third-order valence-electron chi connectivity index (χ3n) is 3.78. The first-order valence-corrected chi connectivity index (χ1v) is 8.30. The van der Waals surface area contributed by atoms with Gasteiger partial charge in [-0.1, -0.05) is 13.3 Å². The molecule has 1 atom stereocenters. The second-order valence-corrected chi connectivity index (χ2v) is 6.93. The minimum absolute atomic E-state index is 0.117. The minimum Gasteiger partial charge on any atom is -0.292 e. The Balaban J connectivity index is 2.16. The summed E-state index contributed by atoms with van der Waals surface area (Å²) < 4.78 is 26.6. The fourth-order valence-corrected chi connectivity index (χ4v) is 3.85. The highest BCUT2D eigenvalue weighted by atomic mass is 32.2. The van der Waals surface area contributed by atoms with E-state index < -0.39 is 10.0 Å². The summed E-state index contributed by atoms with van der Waals surface area (Å²) in [4.78, 5) is 7.84. The van der Waals surface area contributed by atoms with E-state index in [1.54, 1.807) is 0 Å². The molecule has 0 saturated carbocycles. The van der Waals surface area contributed by atoms with Gasteiger partial charge in [0.05, 0.1) is 12.4 Å². The van der Waals surface area contributed by atoms with Crippen LogP contribution in [0.3, 0.4) is 0 Å². The fourth-order valence-electron chi connectivity index (χ4n) is 2.46. The first-order chi connectivity index (χ1) is 9.57. The van der Waals surface area contributed by atoms with Gasteiger partial charge in [0.15, 0.2) is 0 Å². The molecular weight excluding hydrogens is 278 g/mol. The average Bonchev–Trinajstić information content (AvgIpc) is 2.73. The van der Waals surface area contributed by atoms with Gasteiger partial charge in [0.2, 0.25) is 16.0 Å². The van der Waals surface area contributed by atoms with E-state index in [2.05, 4.69) is 22.3 Å². The molecule has 1 aromatic rings. The maximum absolute atomic E-state index is 12.5. The molecular formula is C12H21N5O2S. The van der Waals surface area contributed by atoms with Crippen molar-refractivity contribution in [2.24, 2.45) is 11.8 Å². The van der Waals surface area contributed by atoms with E-state index in [1.807, 2.05) is 0 Å². The molecule has 2 rings (SSSR count). The summed E-state index contributed by atoms with van der Waals surface area (Å²) in [5, 5.41) is 0. The van der Waals surface area contributed by atoms with Crippen LogP contribution in [0, 0.1) is 5.92 Å². The van der Waals surface area contributed by atoms with Crippen molar-refractivity contribution in [3.8, 4) is 0 Å². The van der Waals surface area contributed by atoms with E-state index in [0.29, 0.717) is 19.0 Å². The lowest BCUT2D eigenvalue weighted by Crippen LogP contribution is -2.32. The van der Waals surface area contributed by atoms with Gasteiger partial charge in [-0.25, -0.2) is 24.2 Å². The second-order valence-electron chi connectivity index (χ2n) is 5.00. The van der Waals surface area contributed by atoms with Gasteiger partial charge in [-0.05, 0) is 25.2 Å². The highest BCUT2D eigenvalue weighted by Gasteiger charge is 2.27. The van der Waals surface area contributed by atoms with Gasteiger partial charge in [-0.2, -0.15) is 4.31 Å². The largest absolute Gasteiger partial charge is 0.292 e. The number of hydrazine groups is 1. The molecule has 20 heavy (non-hydrogen) atoms. The Morgan fingerprint density at radius 3 is 2.65 bits per heavy atom. The smallest absolute Gasteiger partial charge is 0.246 e. The fraction of sp³-hybridized carbons (Fsp3) is 0.667. The van der Waals surface area contributed by atoms with Crippen LogP contribution < -0.4 is 11.3 Å². The summed E-state index contributed by atoms with van der Waals surface area (Å²) in [6.45, 7) is 3.29. The molecule has 7 nitrogen and oxygen atoms in total. The van der Waals surface area contributed by atoms with Gasteiger partial charge < -0.3 is 0 Å². The molecule has 1 aliphatic rings. The molecule has 0 aromatic carbocycles. The number of sulfonamides is 1. The molecule has 0 bridgehead atoms. The lowest BCUT2D eigenvalue weighted by atomic mass is 9.98. The Bertz CT molecular complexity index is 531. The quantitative estimate of drug-likeness (QED) is 0.634. The first-order valence-electron chi connectivity index (χ1n) is 6.86. The summed E-state index contributed by atoms with van der Waals surface area (Å²) in [6.07, 6.45) is 6.60. The SMILES string of the molecule is CCC1CCCN(S(=O)(=O)c2cnc(NN)nc2)CC1. The van der Waals surface area contributed by atoms with Crippen LogP contribution in [0.5, 0.6) is 0 Å². The Kier molecular flexibility index (Phi) is 4.90. The zero-order chi connectivity index (χ0) is 14.6. The van der Waals surface area contributed by atoms with Crippen LogP contribution in [0.2, 0.25) is 0 Å². The molecule has 1 fully saturated rings. The van der Waals surface area contributed by atoms with Crippen molar-refractivity contribution in [1.29, 1.82) is 0 Å². The summed E-state index contributed by atoms with van der Waals surface area (Å²) in [6, 6.07) is 0. The lowest BCUT2D eigenvalue weighted by molar-refractivity contribution is 0.407. The van der Waals surface area contributed by atoms with Gasteiger partial charge in [-0.15, -0.1) is 0 Å². The van der Waals surface area contributed by atoms with E-state index in [4.69, 9.17) is 5.84 Å². The van der Waals surface area contributed by atoms with Crippen LogP contribution in [0.4, 0.5) is 5.95 Å². The van der Waals surface area contributed by atoms with Gasteiger partial charge in [-0.3, -0.25) is 5.43 Å². The van der Waals surface area contributed by atoms with E-state index in [9.17, 15) is 8.42 Å². The Morgan fingerprint density at radius 1 is 1.35 bits per heavy atom. The average molecular weight is 299 g/mol. The molecule has 0 radical (unpaired) electrons. The Morgan fingerprint density at radius 2 is 2.05 bits per heavy atom. The Labute approximate surface area is 119 Å². The van der Waals surface area contributed by atoms with Crippen molar-refractivity contribution in [2.75, 3.05) is 18.5 Å². The van der Waals surface area contributed by atoms with E-state index in [1.165, 1.54) is 16.7 Å². The maximum atomic E-state index is 12.5. The third kappa shape index (κ3) is 3.25. The van der Waals surface area contributed by atoms with Gasteiger partial charge in [0.1, 0.15) is 4.90 Å². The minimum atomic E-state index is -3.50. The highest BCUT2D eigenvalue weighted by Crippen LogP contribution is 2.24. The molecule has 1 aliphatic heterocycles. The van der Waals surface area contributed by atoms with Crippen LogP contribution in [-0.2, 0) is 10.0 Å². The zero-order valence-corrected chi connectivity index (χ0v) is 12.4. The monoisotopic (exact) mass is 299 g/mol. The number of aromatic nitrogens is 2. The van der Waals surface area contributed by atoms with Crippen molar-refractivity contribution < 1.29 is 8.42 Å². The lowest BCUT2D eigenvalue weighted by Gasteiger charge is -2.19. The van der Waals surface area contributed by atoms with Crippen LogP contribution in [0.25, 0.3) is 0 Å². The number of rotatable bonds is 4. The zero-order valence-electron chi connectivity index (χ0n) is 11.6. The number of hydrogen-bond donors (Lipinski definition) is 2. The molecule has 0 amide bonds. The summed E-state index contributed by atoms with van der Waals surface area (Å²) in [7, 11) is -3.50. The van der Waals surface area contributed by atoms with Crippen LogP contribution in [0.15, 0.2) is 17.3 Å². The number of nitrogens with two attached hydrogens (primary N) is 1. The van der Waals surface area contributed by atoms with E-state index in [0.717, 1.165) is 25.7 Å². The number of nitrogen functional groups attached to an aromatic ring is 1. The van der Waals surface area contributed by atoms with Crippen LogP contribution in [-0.4, -0.2) is 35.8 Å². The molecule has 1 unspecified atom stereocenters. The second kappa shape index (κ2) is 6.47. The van der Waals surface area contributed by atoms with E-state index in [-0.39, 0.29) is 10.8 Å². The molecule has 1 aromatic heterocycles. The van der Waals surface area contributed by atoms with Crippen molar-refractivity contribution >= 4 is 16.0 Å². The Hall–Kier alpha value is -1.25. The normalized spacial score (nSPS) is 21.4. The summed E-state index contributed by atoms with van der Waals surface area (Å²) in [5.41, 5.74) is 2.28. The molecule has 8 heteroatoms. The van der Waals surface area contributed by atoms with Crippen LogP contribution in [0.1, 0.15) is 32.6 Å². The molecule has 112 valence electrons. The number of hydrogen-bond acceptors (Lipinski definition) is 6. The van der Waals surface area contributed by atoms with Crippen molar-refractivity contribution in [2.45, 2.75) is 37.5 Å². The third-order valence-corrected chi connectivity index (χ3v) is 5.63. The predicted molar refractivity (Wildman–Crippen MR) is 76.2 cm³/mol. The van der Waals surface area contributed by atoms with Gasteiger partial charge >= 0.3 is 0 Å². The molecule has 0 spiro atoms. The number of nitrogens with one attached hydrogen (secondary N) is 1. The van der Waals surface area contributed by atoms with Crippen molar-refractivity contribution in [3.63, 3.8) is 0 Å². The topological polar surface area (TPSA) is 101 Å². The summed E-state index contributed by atoms with van der Waals surface area (Å²) in [5.74, 6) is 5.99. The molecule has 2 heterocycles. The molecule has 1 saturated heterocycles. The highest BCUT2D eigenvalue weighted by molar-refractivity contribution is 7.89. The summed E-state index contributed by atoms with van der Waals surface area (Å²) >= 11 is 0. The van der Waals surface area contributed by atoms with E-state index >= 15 is 0 Å². The number of anilines is 1. The van der Waals surface area contributed by atoms with Gasteiger partial charge in [0, 0.05) is 13.1 Å². The molecule has 3 N–H and O–H groups in total. The van der Waals surface area contributed by atoms with Crippen molar-refractivity contribution in [3.05, 3.63) is 12.4 Å². The standard InChI is InChI=1S/C12H21N5O2S/c1-2-10-4-3-6-17(7-5-10)20(18,19)11-8-14-12(16-13)15-9-11/h8-10H,2-7,13H2,1H3,(H,14,15,16). The van der Waals surface area contributed by atoms with Crippen LogP contribution >= 0.6 is 0 Å². The molecule has 0 aliphatic carbocycles. The van der Waals surface area contributed by atoms with Crippen molar-refractivity contribution in [1.82, 2.24) is 14.3 Å². The van der Waals surface area contributed by atoms with Gasteiger partial charge in [0.25, 0.3) is 0 Å². The maximum Gasteiger partial charge on any atom is 0.246 e. The predicted octanol–water partition coefficient (Wildman–Crippen LogP) is 0.963.